The Balaban J connectivity index is 1.91. The van der Waals surface area contributed by atoms with Crippen LogP contribution in [-0.2, 0) is 11.1 Å². The molecule has 3 aromatic carbocycles. The summed E-state index contributed by atoms with van der Waals surface area (Å²) < 4.78 is 0. The maximum Gasteiger partial charge on any atom is 0.0922 e. The van der Waals surface area contributed by atoms with E-state index in [1.54, 1.807) is 0 Å². The van der Waals surface area contributed by atoms with Gasteiger partial charge < -0.3 is 0 Å². The Bertz CT molecular complexity index is 725. The molecule has 1 heteroatoms. The van der Waals surface area contributed by atoms with Gasteiger partial charge in [-0.25, -0.2) is 0 Å². The quantitative estimate of drug-likeness (QED) is 0.706. The van der Waals surface area contributed by atoms with Crippen LogP contribution < -0.4 is 5.32 Å². The lowest BCUT2D eigenvalue weighted by Crippen LogP contribution is -2.21. The number of benzene rings is 3. The summed E-state index contributed by atoms with van der Waals surface area (Å²) in [5.74, 6) is 0. The van der Waals surface area contributed by atoms with Gasteiger partial charge >= 0.3 is 0 Å². The lowest BCUT2D eigenvalue weighted by molar-refractivity contribution is 0.652. The molecule has 0 radical (unpaired) electrons. The lowest BCUT2D eigenvalue weighted by atomic mass is 9.78. The van der Waals surface area contributed by atoms with Crippen molar-refractivity contribution in [1.82, 2.24) is 5.32 Å². The Morgan fingerprint density at radius 2 is 0.909 bits per heavy atom. The molecule has 1 fully saturated rings. The first kappa shape index (κ1) is 13.3. The second-order valence-corrected chi connectivity index (χ2v) is 6.10. The van der Waals surface area contributed by atoms with Gasteiger partial charge in [-0.2, -0.15) is 0 Å². The SMILES string of the molecule is CC1(c2ccccc2)NC1(c1ccccc1)c1ccccc1. The second kappa shape index (κ2) is 4.82. The van der Waals surface area contributed by atoms with E-state index in [1.165, 1.54) is 16.7 Å². The molecule has 0 saturated carbocycles. The van der Waals surface area contributed by atoms with E-state index in [0.29, 0.717) is 0 Å². The topological polar surface area (TPSA) is 21.9 Å². The van der Waals surface area contributed by atoms with Crippen molar-refractivity contribution in [2.75, 3.05) is 0 Å². The van der Waals surface area contributed by atoms with Crippen LogP contribution in [0.5, 0.6) is 0 Å². The van der Waals surface area contributed by atoms with E-state index in [1.807, 2.05) is 0 Å². The summed E-state index contributed by atoms with van der Waals surface area (Å²) in [6, 6.07) is 32.2. The normalized spacial score (nSPS) is 22.2. The Morgan fingerprint density at radius 1 is 0.545 bits per heavy atom. The average molecular weight is 285 g/mol. The van der Waals surface area contributed by atoms with Gasteiger partial charge in [0.25, 0.3) is 0 Å². The molecule has 0 aliphatic carbocycles. The summed E-state index contributed by atoms with van der Waals surface area (Å²) in [4.78, 5) is 0. The Labute approximate surface area is 131 Å². The van der Waals surface area contributed by atoms with E-state index in [2.05, 4.69) is 103 Å². The smallest absolute Gasteiger partial charge is 0.0922 e. The van der Waals surface area contributed by atoms with E-state index in [9.17, 15) is 0 Å². The molecule has 1 aliphatic heterocycles. The molecule has 1 atom stereocenters. The first-order valence-electron chi connectivity index (χ1n) is 7.73. The highest BCUT2D eigenvalue weighted by atomic mass is 15.3. The van der Waals surface area contributed by atoms with Crippen molar-refractivity contribution in [2.24, 2.45) is 0 Å². The molecule has 108 valence electrons. The van der Waals surface area contributed by atoms with E-state index in [4.69, 9.17) is 0 Å². The molecule has 22 heavy (non-hydrogen) atoms. The maximum atomic E-state index is 3.81. The predicted molar refractivity (Wildman–Crippen MR) is 90.6 cm³/mol. The minimum absolute atomic E-state index is 0.0863. The molecular weight excluding hydrogens is 266 g/mol. The van der Waals surface area contributed by atoms with Crippen LogP contribution in [0.2, 0.25) is 0 Å². The van der Waals surface area contributed by atoms with E-state index < -0.39 is 0 Å². The number of hydrogen-bond acceptors (Lipinski definition) is 1. The highest BCUT2D eigenvalue weighted by Gasteiger charge is 2.66. The molecule has 1 unspecified atom stereocenters. The van der Waals surface area contributed by atoms with E-state index in [0.717, 1.165) is 0 Å². The van der Waals surface area contributed by atoms with Gasteiger partial charge in [-0.3, -0.25) is 5.32 Å². The summed E-state index contributed by atoms with van der Waals surface area (Å²) in [7, 11) is 0. The van der Waals surface area contributed by atoms with Gasteiger partial charge in [-0.15, -0.1) is 0 Å². The van der Waals surface area contributed by atoms with Gasteiger partial charge in [0.05, 0.1) is 11.1 Å². The minimum atomic E-state index is -0.156. The zero-order chi connectivity index (χ0) is 15.0. The monoisotopic (exact) mass is 285 g/mol. The summed E-state index contributed by atoms with van der Waals surface area (Å²) >= 11 is 0. The van der Waals surface area contributed by atoms with E-state index >= 15 is 0 Å². The third kappa shape index (κ3) is 1.76. The molecule has 1 N–H and O–H groups in total. The van der Waals surface area contributed by atoms with Crippen molar-refractivity contribution in [3.05, 3.63) is 108 Å². The molecular formula is C21H19N. The summed E-state index contributed by atoms with van der Waals surface area (Å²) in [5.41, 5.74) is 3.70. The van der Waals surface area contributed by atoms with Crippen LogP contribution in [0.15, 0.2) is 91.0 Å². The van der Waals surface area contributed by atoms with Crippen LogP contribution in [0.4, 0.5) is 0 Å². The molecule has 0 bridgehead atoms. The van der Waals surface area contributed by atoms with Crippen LogP contribution >= 0.6 is 0 Å². The first-order valence-corrected chi connectivity index (χ1v) is 7.73. The predicted octanol–water partition coefficient (Wildman–Crippen LogP) is 4.45. The average Bonchev–Trinajstić information content (AvgIpc) is 3.26. The molecule has 0 spiro atoms. The minimum Gasteiger partial charge on any atom is -0.290 e. The molecule has 0 aromatic heterocycles. The van der Waals surface area contributed by atoms with Crippen LogP contribution in [0.1, 0.15) is 23.6 Å². The largest absolute Gasteiger partial charge is 0.290 e. The fraction of sp³-hybridized carbons (Fsp3) is 0.143. The van der Waals surface area contributed by atoms with Gasteiger partial charge in [-0.05, 0) is 23.6 Å². The van der Waals surface area contributed by atoms with Crippen LogP contribution in [0.3, 0.4) is 0 Å². The molecule has 1 heterocycles. The molecule has 1 aliphatic rings. The van der Waals surface area contributed by atoms with Crippen LogP contribution in [0, 0.1) is 0 Å². The van der Waals surface area contributed by atoms with Crippen LogP contribution in [-0.4, -0.2) is 0 Å². The second-order valence-electron chi connectivity index (χ2n) is 6.10. The highest BCUT2D eigenvalue weighted by Crippen LogP contribution is 2.57. The van der Waals surface area contributed by atoms with Gasteiger partial charge in [0.15, 0.2) is 0 Å². The molecule has 1 saturated heterocycles. The fourth-order valence-electron chi connectivity index (χ4n) is 3.67. The summed E-state index contributed by atoms with van der Waals surface area (Å²) in [6.45, 7) is 2.29. The fourth-order valence-corrected chi connectivity index (χ4v) is 3.67. The first-order chi connectivity index (χ1) is 10.8. The molecule has 0 amide bonds. The number of rotatable bonds is 3. The standard InChI is InChI=1S/C21H19N/c1-20(17-11-5-2-6-12-17)21(22-20,18-13-7-3-8-14-18)19-15-9-4-10-16-19/h2-16,22H,1H3. The summed E-state index contributed by atoms with van der Waals surface area (Å²) in [5, 5.41) is 3.81. The number of nitrogens with one attached hydrogen (secondary N) is 1. The number of hydrogen-bond donors (Lipinski definition) is 1. The van der Waals surface area contributed by atoms with Crippen molar-refractivity contribution in [3.63, 3.8) is 0 Å². The molecule has 4 rings (SSSR count). The highest BCUT2D eigenvalue weighted by molar-refractivity contribution is 5.55. The Kier molecular flexibility index (Phi) is 2.91. The van der Waals surface area contributed by atoms with Crippen molar-refractivity contribution in [2.45, 2.75) is 18.0 Å². The lowest BCUT2D eigenvalue weighted by Gasteiger charge is -2.22. The van der Waals surface area contributed by atoms with Crippen molar-refractivity contribution in [3.8, 4) is 0 Å². The molecule has 1 nitrogen and oxygen atoms in total. The zero-order valence-corrected chi connectivity index (χ0v) is 12.7. The van der Waals surface area contributed by atoms with Gasteiger partial charge in [0.2, 0.25) is 0 Å². The Morgan fingerprint density at radius 3 is 1.32 bits per heavy atom. The molecule has 3 aromatic rings. The van der Waals surface area contributed by atoms with Gasteiger partial charge in [0, 0.05) is 0 Å². The zero-order valence-electron chi connectivity index (χ0n) is 12.7. The van der Waals surface area contributed by atoms with Gasteiger partial charge in [-0.1, -0.05) is 91.0 Å². The van der Waals surface area contributed by atoms with Crippen LogP contribution in [0.25, 0.3) is 0 Å². The Hall–Kier alpha value is -2.38. The maximum absolute atomic E-state index is 3.81. The van der Waals surface area contributed by atoms with E-state index in [-0.39, 0.29) is 11.1 Å². The third-order valence-corrected chi connectivity index (χ3v) is 4.89. The van der Waals surface area contributed by atoms with Crippen molar-refractivity contribution >= 4 is 0 Å². The van der Waals surface area contributed by atoms with Crippen molar-refractivity contribution in [1.29, 1.82) is 0 Å². The third-order valence-electron chi connectivity index (χ3n) is 4.89. The van der Waals surface area contributed by atoms with Gasteiger partial charge in [0.1, 0.15) is 0 Å². The summed E-state index contributed by atoms with van der Waals surface area (Å²) in [6.07, 6.45) is 0. The van der Waals surface area contributed by atoms with Crippen molar-refractivity contribution < 1.29 is 0 Å².